The number of anilines is 1. The van der Waals surface area contributed by atoms with Crippen LogP contribution in [0, 0.1) is 0 Å². The van der Waals surface area contributed by atoms with Crippen LogP contribution >= 0.6 is 0 Å². The third-order valence-corrected chi connectivity index (χ3v) is 2.97. The number of fused-ring (bicyclic) bond motifs is 1. The maximum atomic E-state index is 4.99. The van der Waals surface area contributed by atoms with Gasteiger partial charge in [0.05, 0.1) is 12.3 Å². The van der Waals surface area contributed by atoms with Crippen molar-refractivity contribution in [1.29, 1.82) is 0 Å². The van der Waals surface area contributed by atoms with Crippen LogP contribution in [0.2, 0.25) is 0 Å². The van der Waals surface area contributed by atoms with Crippen LogP contribution < -0.4 is 5.32 Å². The van der Waals surface area contributed by atoms with Gasteiger partial charge in [0.15, 0.2) is 0 Å². The highest BCUT2D eigenvalue weighted by Gasteiger charge is 2.08. The molecule has 3 heterocycles. The van der Waals surface area contributed by atoms with E-state index in [1.807, 2.05) is 24.4 Å². The van der Waals surface area contributed by atoms with Crippen molar-refractivity contribution in [2.45, 2.75) is 0 Å². The molecule has 2 N–H and O–H groups in total. The molecule has 0 atom stereocenters. The standard InChI is InChI=1S/C14H15N5O/c1-20-8-7-17-14-16-6-4-12(19-14)11-9-18-13-10(11)3-2-5-15-13/h2-6,9H,7-8H2,1H3,(H,15,18)(H,16,17,19). The minimum Gasteiger partial charge on any atom is -0.383 e. The normalized spacial score (nSPS) is 10.8. The average Bonchev–Trinajstić information content (AvgIpc) is 2.92. The van der Waals surface area contributed by atoms with Crippen LogP contribution in [0.3, 0.4) is 0 Å². The highest BCUT2D eigenvalue weighted by molar-refractivity contribution is 5.92. The monoisotopic (exact) mass is 269 g/mol. The Labute approximate surface area is 116 Å². The summed E-state index contributed by atoms with van der Waals surface area (Å²) in [5.41, 5.74) is 2.74. The van der Waals surface area contributed by atoms with E-state index in [1.54, 1.807) is 19.5 Å². The summed E-state index contributed by atoms with van der Waals surface area (Å²) in [7, 11) is 1.66. The molecule has 3 aromatic heterocycles. The summed E-state index contributed by atoms with van der Waals surface area (Å²) in [6.45, 7) is 1.29. The summed E-state index contributed by atoms with van der Waals surface area (Å²) in [6.07, 6.45) is 5.42. The summed E-state index contributed by atoms with van der Waals surface area (Å²) in [5, 5.41) is 4.17. The summed E-state index contributed by atoms with van der Waals surface area (Å²) >= 11 is 0. The molecule has 0 aliphatic carbocycles. The van der Waals surface area contributed by atoms with Gasteiger partial charge in [-0.05, 0) is 18.2 Å². The molecule has 3 rings (SSSR count). The zero-order valence-electron chi connectivity index (χ0n) is 11.1. The number of aromatic nitrogens is 4. The predicted molar refractivity (Wildman–Crippen MR) is 77.5 cm³/mol. The Morgan fingerprint density at radius 3 is 3.10 bits per heavy atom. The van der Waals surface area contributed by atoms with Crippen molar-refractivity contribution in [2.75, 3.05) is 25.6 Å². The summed E-state index contributed by atoms with van der Waals surface area (Å²) in [5.74, 6) is 0.595. The van der Waals surface area contributed by atoms with Gasteiger partial charge in [0, 0.05) is 43.2 Å². The van der Waals surface area contributed by atoms with Gasteiger partial charge in [0.1, 0.15) is 5.65 Å². The largest absolute Gasteiger partial charge is 0.383 e. The summed E-state index contributed by atoms with van der Waals surface area (Å²) in [6, 6.07) is 5.82. The molecule has 102 valence electrons. The van der Waals surface area contributed by atoms with Gasteiger partial charge in [-0.2, -0.15) is 0 Å². The molecule has 0 aliphatic rings. The van der Waals surface area contributed by atoms with Crippen molar-refractivity contribution in [1.82, 2.24) is 19.9 Å². The van der Waals surface area contributed by atoms with E-state index in [0.29, 0.717) is 19.1 Å². The average molecular weight is 269 g/mol. The number of hydrogen-bond acceptors (Lipinski definition) is 5. The van der Waals surface area contributed by atoms with Gasteiger partial charge in [0.25, 0.3) is 0 Å². The minimum absolute atomic E-state index is 0.595. The molecule has 0 spiro atoms. The van der Waals surface area contributed by atoms with E-state index in [4.69, 9.17) is 4.74 Å². The lowest BCUT2D eigenvalue weighted by atomic mass is 10.1. The number of pyridine rings is 1. The van der Waals surface area contributed by atoms with Gasteiger partial charge in [-0.3, -0.25) is 0 Å². The molecule has 0 amide bonds. The zero-order valence-corrected chi connectivity index (χ0v) is 11.1. The third kappa shape index (κ3) is 2.46. The van der Waals surface area contributed by atoms with Crippen LogP contribution in [0.5, 0.6) is 0 Å². The second-order valence-corrected chi connectivity index (χ2v) is 4.29. The topological polar surface area (TPSA) is 75.7 Å². The minimum atomic E-state index is 0.595. The number of rotatable bonds is 5. The van der Waals surface area contributed by atoms with Gasteiger partial charge < -0.3 is 15.0 Å². The van der Waals surface area contributed by atoms with E-state index in [-0.39, 0.29) is 0 Å². The van der Waals surface area contributed by atoms with E-state index in [0.717, 1.165) is 22.3 Å². The van der Waals surface area contributed by atoms with Gasteiger partial charge in [-0.15, -0.1) is 0 Å². The quantitative estimate of drug-likeness (QED) is 0.693. The molecule has 0 bridgehead atoms. The molecule has 0 aliphatic heterocycles. The Morgan fingerprint density at radius 1 is 1.25 bits per heavy atom. The van der Waals surface area contributed by atoms with Gasteiger partial charge in [-0.1, -0.05) is 0 Å². The van der Waals surface area contributed by atoms with Crippen molar-refractivity contribution < 1.29 is 4.74 Å². The van der Waals surface area contributed by atoms with Gasteiger partial charge in [0.2, 0.25) is 5.95 Å². The number of methoxy groups -OCH3 is 1. The van der Waals surface area contributed by atoms with Crippen LogP contribution in [-0.4, -0.2) is 40.2 Å². The van der Waals surface area contributed by atoms with Crippen molar-refractivity contribution in [3.8, 4) is 11.3 Å². The highest BCUT2D eigenvalue weighted by atomic mass is 16.5. The number of ether oxygens (including phenoxy) is 1. The molecule has 0 aromatic carbocycles. The second kappa shape index (κ2) is 5.66. The number of aromatic amines is 1. The second-order valence-electron chi connectivity index (χ2n) is 4.29. The van der Waals surface area contributed by atoms with Gasteiger partial charge in [-0.25, -0.2) is 15.0 Å². The molecular formula is C14H15N5O. The maximum absolute atomic E-state index is 4.99. The molecule has 0 saturated carbocycles. The molecular weight excluding hydrogens is 254 g/mol. The van der Waals surface area contributed by atoms with Crippen LogP contribution in [-0.2, 0) is 4.74 Å². The maximum Gasteiger partial charge on any atom is 0.223 e. The molecule has 20 heavy (non-hydrogen) atoms. The molecule has 0 fully saturated rings. The molecule has 0 radical (unpaired) electrons. The van der Waals surface area contributed by atoms with Gasteiger partial charge >= 0.3 is 0 Å². The lowest BCUT2D eigenvalue weighted by Crippen LogP contribution is -2.10. The number of H-pyrrole nitrogens is 1. The smallest absolute Gasteiger partial charge is 0.223 e. The van der Waals surface area contributed by atoms with E-state index in [9.17, 15) is 0 Å². The highest BCUT2D eigenvalue weighted by Crippen LogP contribution is 2.25. The number of nitrogens with zero attached hydrogens (tertiary/aromatic N) is 3. The van der Waals surface area contributed by atoms with Crippen molar-refractivity contribution in [3.05, 3.63) is 36.8 Å². The lowest BCUT2D eigenvalue weighted by Gasteiger charge is -2.05. The number of nitrogens with one attached hydrogen (secondary N) is 2. The SMILES string of the molecule is COCCNc1nccc(-c2c[nH]c3ncccc23)n1. The zero-order chi connectivity index (χ0) is 13.8. The fraction of sp³-hybridized carbons (Fsp3) is 0.214. The summed E-state index contributed by atoms with van der Waals surface area (Å²) < 4.78 is 4.99. The Balaban J connectivity index is 1.92. The predicted octanol–water partition coefficient (Wildman–Crippen LogP) is 2.08. The Bertz CT molecular complexity index is 709. The first-order valence-electron chi connectivity index (χ1n) is 6.37. The van der Waals surface area contributed by atoms with Crippen molar-refractivity contribution in [2.24, 2.45) is 0 Å². The Morgan fingerprint density at radius 2 is 2.20 bits per heavy atom. The Kier molecular flexibility index (Phi) is 3.56. The first-order chi connectivity index (χ1) is 9.88. The van der Waals surface area contributed by atoms with Crippen LogP contribution in [0.25, 0.3) is 22.3 Å². The Hall–Kier alpha value is -2.47. The van der Waals surface area contributed by atoms with Crippen LogP contribution in [0.15, 0.2) is 36.8 Å². The first kappa shape index (κ1) is 12.6. The van der Waals surface area contributed by atoms with E-state index < -0.39 is 0 Å². The van der Waals surface area contributed by atoms with E-state index in [1.165, 1.54) is 0 Å². The lowest BCUT2D eigenvalue weighted by molar-refractivity contribution is 0.210. The van der Waals surface area contributed by atoms with E-state index in [2.05, 4.69) is 25.3 Å². The molecule has 6 nitrogen and oxygen atoms in total. The van der Waals surface area contributed by atoms with Crippen molar-refractivity contribution in [3.63, 3.8) is 0 Å². The molecule has 6 heteroatoms. The van der Waals surface area contributed by atoms with E-state index >= 15 is 0 Å². The van der Waals surface area contributed by atoms with Crippen molar-refractivity contribution >= 4 is 17.0 Å². The fourth-order valence-corrected chi connectivity index (χ4v) is 2.03. The van der Waals surface area contributed by atoms with Crippen LogP contribution in [0.4, 0.5) is 5.95 Å². The fourth-order valence-electron chi connectivity index (χ4n) is 2.03. The molecule has 0 saturated heterocycles. The number of hydrogen-bond donors (Lipinski definition) is 2. The molecule has 0 unspecified atom stereocenters. The first-order valence-corrected chi connectivity index (χ1v) is 6.37. The molecule has 3 aromatic rings. The van der Waals surface area contributed by atoms with Crippen LogP contribution in [0.1, 0.15) is 0 Å². The third-order valence-electron chi connectivity index (χ3n) is 2.97. The summed E-state index contributed by atoms with van der Waals surface area (Å²) in [4.78, 5) is 16.1.